The van der Waals surface area contributed by atoms with Crippen molar-refractivity contribution < 1.29 is 26.3 Å². The molecule has 0 amide bonds. The highest BCUT2D eigenvalue weighted by Crippen LogP contribution is 2.36. The van der Waals surface area contributed by atoms with Gasteiger partial charge in [-0.05, 0) is 61.4 Å². The van der Waals surface area contributed by atoms with Gasteiger partial charge in [0.2, 0.25) is 10.0 Å². The Bertz CT molecular complexity index is 1380. The van der Waals surface area contributed by atoms with Gasteiger partial charge in [0, 0.05) is 25.3 Å². The lowest BCUT2D eigenvalue weighted by Gasteiger charge is -2.26. The molecular formula is C24H25F3N2O4S. The number of halogens is 3. The van der Waals surface area contributed by atoms with Crippen LogP contribution in [0.2, 0.25) is 0 Å². The molecule has 0 saturated carbocycles. The Morgan fingerprint density at radius 2 is 1.88 bits per heavy atom. The average molecular weight is 495 g/mol. The predicted octanol–water partition coefficient (Wildman–Crippen LogP) is 4.53. The second-order valence-corrected chi connectivity index (χ2v) is 10.4. The number of alkyl halides is 3. The molecule has 1 atom stereocenters. The Kier molecular flexibility index (Phi) is 6.58. The summed E-state index contributed by atoms with van der Waals surface area (Å²) in [6.45, 7) is 3.70. The Labute approximate surface area is 195 Å². The number of sulfonamides is 1. The summed E-state index contributed by atoms with van der Waals surface area (Å²) in [4.78, 5) is 14.8. The second-order valence-electron chi connectivity index (χ2n) is 8.52. The van der Waals surface area contributed by atoms with Crippen LogP contribution in [0.3, 0.4) is 0 Å². The normalized spacial score (nSPS) is 17.1. The molecule has 1 N–H and O–H groups in total. The SMILES string of the molecule is Cc1ccc2cc(CN(CC3CCCO3)S(=O)(=O)c3ccccc3C(F)(F)F)c(=O)[nH]c2c1C. The van der Waals surface area contributed by atoms with Gasteiger partial charge in [0.25, 0.3) is 5.56 Å². The summed E-state index contributed by atoms with van der Waals surface area (Å²) in [5.74, 6) is 0. The fourth-order valence-corrected chi connectivity index (χ4v) is 5.87. The number of fused-ring (bicyclic) bond motifs is 1. The molecule has 2 aromatic carbocycles. The van der Waals surface area contributed by atoms with Crippen molar-refractivity contribution in [1.82, 2.24) is 9.29 Å². The minimum absolute atomic E-state index is 0.141. The topological polar surface area (TPSA) is 79.5 Å². The molecule has 10 heteroatoms. The zero-order valence-electron chi connectivity index (χ0n) is 18.8. The Morgan fingerprint density at radius 1 is 1.15 bits per heavy atom. The molecule has 34 heavy (non-hydrogen) atoms. The first-order chi connectivity index (χ1) is 16.0. The maximum atomic E-state index is 13.6. The second kappa shape index (κ2) is 9.16. The van der Waals surface area contributed by atoms with Crippen molar-refractivity contribution in [3.63, 3.8) is 0 Å². The first-order valence-corrected chi connectivity index (χ1v) is 12.3. The molecule has 1 fully saturated rings. The molecule has 0 spiro atoms. The third-order valence-corrected chi connectivity index (χ3v) is 8.09. The third kappa shape index (κ3) is 4.75. The number of benzene rings is 2. The highest BCUT2D eigenvalue weighted by molar-refractivity contribution is 7.89. The summed E-state index contributed by atoms with van der Waals surface area (Å²) >= 11 is 0. The van der Waals surface area contributed by atoms with Crippen LogP contribution >= 0.6 is 0 Å². The van der Waals surface area contributed by atoms with Gasteiger partial charge in [-0.25, -0.2) is 8.42 Å². The summed E-state index contributed by atoms with van der Waals surface area (Å²) in [5, 5.41) is 0.711. The van der Waals surface area contributed by atoms with Crippen LogP contribution in [0, 0.1) is 13.8 Å². The van der Waals surface area contributed by atoms with Gasteiger partial charge in [0.15, 0.2) is 0 Å². The molecule has 3 aromatic rings. The van der Waals surface area contributed by atoms with E-state index in [-0.39, 0.29) is 18.7 Å². The average Bonchev–Trinajstić information content (AvgIpc) is 3.29. The molecule has 6 nitrogen and oxygen atoms in total. The molecule has 0 radical (unpaired) electrons. The smallest absolute Gasteiger partial charge is 0.377 e. The molecule has 1 unspecified atom stereocenters. The van der Waals surface area contributed by atoms with E-state index in [2.05, 4.69) is 4.98 Å². The fourth-order valence-electron chi connectivity index (χ4n) is 4.21. The number of aromatic amines is 1. The molecule has 1 aliphatic rings. The Hall–Kier alpha value is -2.69. The fraction of sp³-hybridized carbons (Fsp3) is 0.375. The van der Waals surface area contributed by atoms with E-state index in [0.29, 0.717) is 23.9 Å². The predicted molar refractivity (Wildman–Crippen MR) is 122 cm³/mol. The highest BCUT2D eigenvalue weighted by Gasteiger charge is 2.39. The monoisotopic (exact) mass is 494 g/mol. The lowest BCUT2D eigenvalue weighted by molar-refractivity contribution is -0.139. The highest BCUT2D eigenvalue weighted by atomic mass is 32.2. The maximum Gasteiger partial charge on any atom is 0.417 e. The van der Waals surface area contributed by atoms with Crippen molar-refractivity contribution in [2.24, 2.45) is 0 Å². The zero-order valence-corrected chi connectivity index (χ0v) is 19.6. The largest absolute Gasteiger partial charge is 0.417 e. The van der Waals surface area contributed by atoms with Crippen molar-refractivity contribution in [3.8, 4) is 0 Å². The van der Waals surface area contributed by atoms with E-state index in [1.54, 1.807) is 6.07 Å². The van der Waals surface area contributed by atoms with Crippen LogP contribution in [0.5, 0.6) is 0 Å². The van der Waals surface area contributed by atoms with E-state index in [9.17, 15) is 26.4 Å². The first kappa shape index (κ1) is 24.4. The van der Waals surface area contributed by atoms with Crippen LogP contribution < -0.4 is 5.56 Å². The standard InChI is InChI=1S/C24H25F3N2O4S/c1-15-9-10-17-12-18(23(30)28-22(17)16(15)2)13-29(14-19-6-5-11-33-19)34(31,32)21-8-4-3-7-20(21)24(25,26)27/h3-4,7-10,12,19H,5-6,11,13-14H2,1-2H3,(H,28,30). The number of nitrogens with one attached hydrogen (secondary N) is 1. The van der Waals surface area contributed by atoms with E-state index in [1.165, 1.54) is 6.07 Å². The van der Waals surface area contributed by atoms with Crippen molar-refractivity contribution in [2.75, 3.05) is 13.2 Å². The number of aryl methyl sites for hydroxylation is 2. The number of hydrogen-bond donors (Lipinski definition) is 1. The number of H-pyrrole nitrogens is 1. The molecular weight excluding hydrogens is 469 g/mol. The minimum atomic E-state index is -4.85. The van der Waals surface area contributed by atoms with Crippen molar-refractivity contribution in [3.05, 3.63) is 75.1 Å². The lowest BCUT2D eigenvalue weighted by Crippen LogP contribution is -2.39. The Balaban J connectivity index is 1.80. The van der Waals surface area contributed by atoms with E-state index in [0.717, 1.165) is 40.1 Å². The number of hydrogen-bond acceptors (Lipinski definition) is 4. The zero-order chi connectivity index (χ0) is 24.7. The lowest BCUT2D eigenvalue weighted by atomic mass is 10.0. The third-order valence-electron chi connectivity index (χ3n) is 6.22. The molecule has 2 heterocycles. The summed E-state index contributed by atoms with van der Waals surface area (Å²) in [6, 6.07) is 9.37. The van der Waals surface area contributed by atoms with Crippen molar-refractivity contribution >= 4 is 20.9 Å². The molecule has 0 aliphatic carbocycles. The number of rotatable bonds is 6. The van der Waals surface area contributed by atoms with Gasteiger partial charge < -0.3 is 9.72 Å². The van der Waals surface area contributed by atoms with Crippen LogP contribution in [0.4, 0.5) is 13.2 Å². The molecule has 1 aromatic heterocycles. The van der Waals surface area contributed by atoms with E-state index in [4.69, 9.17) is 4.74 Å². The summed E-state index contributed by atoms with van der Waals surface area (Å²) < 4.78 is 74.4. The van der Waals surface area contributed by atoms with E-state index in [1.807, 2.05) is 26.0 Å². The van der Waals surface area contributed by atoms with Crippen LogP contribution in [-0.2, 0) is 27.5 Å². The molecule has 1 aliphatic heterocycles. The summed E-state index contributed by atoms with van der Waals surface area (Å²) in [7, 11) is -4.60. The maximum absolute atomic E-state index is 13.6. The van der Waals surface area contributed by atoms with Crippen molar-refractivity contribution in [2.45, 2.75) is 50.4 Å². The molecule has 182 valence electrons. The van der Waals surface area contributed by atoms with Crippen molar-refractivity contribution in [1.29, 1.82) is 0 Å². The quantitative estimate of drug-likeness (QED) is 0.546. The van der Waals surface area contributed by atoms with Crippen LogP contribution in [0.25, 0.3) is 10.9 Å². The number of aromatic nitrogens is 1. The summed E-state index contributed by atoms with van der Waals surface area (Å²) in [6.07, 6.45) is -4.00. The molecule has 0 bridgehead atoms. The molecule has 1 saturated heterocycles. The van der Waals surface area contributed by atoms with E-state index < -0.39 is 38.3 Å². The van der Waals surface area contributed by atoms with Crippen LogP contribution in [0.15, 0.2) is 52.2 Å². The van der Waals surface area contributed by atoms with Gasteiger partial charge in [-0.3, -0.25) is 4.79 Å². The van der Waals surface area contributed by atoms with Gasteiger partial charge in [-0.15, -0.1) is 0 Å². The Morgan fingerprint density at radius 3 is 2.56 bits per heavy atom. The minimum Gasteiger partial charge on any atom is -0.377 e. The van der Waals surface area contributed by atoms with Gasteiger partial charge in [0.05, 0.1) is 22.1 Å². The van der Waals surface area contributed by atoms with Crippen LogP contribution in [0.1, 0.15) is 35.1 Å². The van der Waals surface area contributed by atoms with E-state index >= 15 is 0 Å². The van der Waals surface area contributed by atoms with Crippen LogP contribution in [-0.4, -0.2) is 37.0 Å². The van der Waals surface area contributed by atoms with Gasteiger partial charge in [-0.1, -0.05) is 24.3 Å². The summed E-state index contributed by atoms with van der Waals surface area (Å²) in [5.41, 5.74) is 0.932. The number of pyridine rings is 1. The van der Waals surface area contributed by atoms with Gasteiger partial charge in [0.1, 0.15) is 0 Å². The van der Waals surface area contributed by atoms with Gasteiger partial charge in [-0.2, -0.15) is 17.5 Å². The number of ether oxygens (including phenoxy) is 1. The molecule has 4 rings (SSSR count). The first-order valence-electron chi connectivity index (χ1n) is 10.9. The van der Waals surface area contributed by atoms with Gasteiger partial charge >= 0.3 is 6.18 Å². The number of nitrogens with zero attached hydrogens (tertiary/aromatic N) is 1.